The van der Waals surface area contributed by atoms with Gasteiger partial charge >= 0.3 is 0 Å². The Labute approximate surface area is 120 Å². The van der Waals surface area contributed by atoms with Crippen LogP contribution < -0.4 is 10.2 Å². The van der Waals surface area contributed by atoms with Gasteiger partial charge in [-0.25, -0.2) is 9.97 Å². The van der Waals surface area contributed by atoms with Crippen LogP contribution in [0.1, 0.15) is 26.7 Å². The number of hydrogen-bond acceptors (Lipinski definition) is 5. The maximum Gasteiger partial charge on any atom is 0.133 e. The minimum absolute atomic E-state index is 0.587. The molecule has 0 spiro atoms. The molecule has 1 saturated heterocycles. The molecule has 1 aliphatic heterocycles. The molecule has 0 unspecified atom stereocenters. The summed E-state index contributed by atoms with van der Waals surface area (Å²) in [6.07, 6.45) is 6.22. The Kier molecular flexibility index (Phi) is 5.45. The first kappa shape index (κ1) is 14.6. The van der Waals surface area contributed by atoms with Crippen molar-refractivity contribution in [3.63, 3.8) is 0 Å². The Morgan fingerprint density at radius 1 is 1.37 bits per heavy atom. The molecule has 4 nitrogen and oxygen atoms in total. The molecule has 5 heteroatoms. The standard InChI is InChI=1S/C14H24N4S/c1-11(2)15-9-12-4-6-18(7-5-12)13-8-14(19-3)17-10-16-13/h8,10-12,15H,4-7,9H2,1-3H3. The van der Waals surface area contributed by atoms with Gasteiger partial charge in [0.05, 0.1) is 0 Å². The number of piperidine rings is 1. The lowest BCUT2D eigenvalue weighted by molar-refractivity contribution is 0.369. The Morgan fingerprint density at radius 2 is 2.11 bits per heavy atom. The minimum Gasteiger partial charge on any atom is -0.356 e. The first-order valence-corrected chi connectivity index (χ1v) is 8.26. The molecule has 1 aromatic heterocycles. The Morgan fingerprint density at radius 3 is 2.74 bits per heavy atom. The average molecular weight is 280 g/mol. The molecule has 0 saturated carbocycles. The maximum atomic E-state index is 4.40. The van der Waals surface area contributed by atoms with Crippen LogP contribution in [0.5, 0.6) is 0 Å². The van der Waals surface area contributed by atoms with Gasteiger partial charge in [0.25, 0.3) is 0 Å². The molecule has 1 fully saturated rings. The van der Waals surface area contributed by atoms with Crippen LogP contribution >= 0.6 is 11.8 Å². The molecule has 106 valence electrons. The molecule has 2 rings (SSSR count). The van der Waals surface area contributed by atoms with E-state index in [0.717, 1.165) is 36.4 Å². The van der Waals surface area contributed by atoms with E-state index in [2.05, 4.69) is 46.4 Å². The summed E-state index contributed by atoms with van der Waals surface area (Å²) in [5.74, 6) is 1.88. The first-order chi connectivity index (χ1) is 9.19. The van der Waals surface area contributed by atoms with E-state index in [9.17, 15) is 0 Å². The van der Waals surface area contributed by atoms with E-state index < -0.39 is 0 Å². The largest absolute Gasteiger partial charge is 0.356 e. The highest BCUT2D eigenvalue weighted by Crippen LogP contribution is 2.23. The van der Waals surface area contributed by atoms with Gasteiger partial charge in [0.15, 0.2) is 0 Å². The number of anilines is 1. The van der Waals surface area contributed by atoms with E-state index in [1.165, 1.54) is 12.8 Å². The maximum absolute atomic E-state index is 4.40. The molecule has 1 N–H and O–H groups in total. The van der Waals surface area contributed by atoms with Crippen molar-refractivity contribution < 1.29 is 0 Å². The highest BCUT2D eigenvalue weighted by molar-refractivity contribution is 7.98. The SMILES string of the molecule is CSc1cc(N2CCC(CNC(C)C)CC2)ncn1. The van der Waals surface area contributed by atoms with Gasteiger partial charge in [-0.15, -0.1) is 11.8 Å². The number of aromatic nitrogens is 2. The van der Waals surface area contributed by atoms with Crippen LogP contribution in [0.3, 0.4) is 0 Å². The Hall–Kier alpha value is -0.810. The van der Waals surface area contributed by atoms with E-state index in [-0.39, 0.29) is 0 Å². The predicted octanol–water partition coefficient (Wildman–Crippen LogP) is 2.41. The predicted molar refractivity (Wildman–Crippen MR) is 81.9 cm³/mol. The molecule has 0 radical (unpaired) electrons. The van der Waals surface area contributed by atoms with Gasteiger partial charge in [0, 0.05) is 25.2 Å². The topological polar surface area (TPSA) is 41.0 Å². The fourth-order valence-corrected chi connectivity index (χ4v) is 2.76. The second kappa shape index (κ2) is 7.10. The number of rotatable bonds is 5. The van der Waals surface area contributed by atoms with Crippen LogP contribution in [0, 0.1) is 5.92 Å². The summed E-state index contributed by atoms with van der Waals surface area (Å²) < 4.78 is 0. The van der Waals surface area contributed by atoms with Crippen molar-refractivity contribution in [2.24, 2.45) is 5.92 Å². The zero-order valence-corrected chi connectivity index (χ0v) is 12.9. The van der Waals surface area contributed by atoms with Crippen LogP contribution in [0.25, 0.3) is 0 Å². The van der Waals surface area contributed by atoms with Gasteiger partial charge in [-0.1, -0.05) is 13.8 Å². The third-order valence-corrected chi connectivity index (χ3v) is 4.23. The highest BCUT2D eigenvalue weighted by Gasteiger charge is 2.20. The number of nitrogens with zero attached hydrogens (tertiary/aromatic N) is 3. The summed E-state index contributed by atoms with van der Waals surface area (Å²) in [4.78, 5) is 11.0. The molecular formula is C14H24N4S. The normalized spacial score (nSPS) is 17.2. The summed E-state index contributed by atoms with van der Waals surface area (Å²) in [5.41, 5.74) is 0. The van der Waals surface area contributed by atoms with Crippen LogP contribution in [0.4, 0.5) is 5.82 Å². The van der Waals surface area contributed by atoms with E-state index in [0.29, 0.717) is 6.04 Å². The number of nitrogens with one attached hydrogen (secondary N) is 1. The van der Waals surface area contributed by atoms with Crippen LogP contribution in [-0.4, -0.2) is 41.9 Å². The monoisotopic (exact) mass is 280 g/mol. The number of hydrogen-bond donors (Lipinski definition) is 1. The summed E-state index contributed by atoms with van der Waals surface area (Å²) >= 11 is 1.67. The number of thioether (sulfide) groups is 1. The average Bonchev–Trinajstić information content (AvgIpc) is 2.45. The lowest BCUT2D eigenvalue weighted by Crippen LogP contribution is -2.39. The third kappa shape index (κ3) is 4.35. The summed E-state index contributed by atoms with van der Waals surface area (Å²) in [5, 5.41) is 4.59. The van der Waals surface area contributed by atoms with Crippen LogP contribution in [-0.2, 0) is 0 Å². The van der Waals surface area contributed by atoms with Crippen molar-refractivity contribution in [3.8, 4) is 0 Å². The fourth-order valence-electron chi connectivity index (χ4n) is 2.38. The van der Waals surface area contributed by atoms with E-state index >= 15 is 0 Å². The summed E-state index contributed by atoms with van der Waals surface area (Å²) in [7, 11) is 0. The third-order valence-electron chi connectivity index (χ3n) is 3.59. The molecule has 1 aliphatic rings. The molecule has 19 heavy (non-hydrogen) atoms. The molecule has 0 aliphatic carbocycles. The molecule has 2 heterocycles. The van der Waals surface area contributed by atoms with Crippen molar-refractivity contribution in [1.29, 1.82) is 0 Å². The second-order valence-electron chi connectivity index (χ2n) is 5.41. The Balaban J connectivity index is 1.85. The van der Waals surface area contributed by atoms with Crippen LogP contribution in [0.2, 0.25) is 0 Å². The zero-order chi connectivity index (χ0) is 13.7. The lowest BCUT2D eigenvalue weighted by atomic mass is 9.96. The van der Waals surface area contributed by atoms with Crippen molar-refractivity contribution in [3.05, 3.63) is 12.4 Å². The quantitative estimate of drug-likeness (QED) is 0.662. The van der Waals surface area contributed by atoms with E-state index in [1.807, 2.05) is 0 Å². The summed E-state index contributed by atoms with van der Waals surface area (Å²) in [6, 6.07) is 2.68. The molecule has 0 bridgehead atoms. The van der Waals surface area contributed by atoms with E-state index in [1.54, 1.807) is 18.1 Å². The van der Waals surface area contributed by atoms with E-state index in [4.69, 9.17) is 0 Å². The molecule has 1 aromatic rings. The van der Waals surface area contributed by atoms with Crippen molar-refractivity contribution in [2.45, 2.75) is 37.8 Å². The molecule has 0 atom stereocenters. The highest BCUT2D eigenvalue weighted by atomic mass is 32.2. The van der Waals surface area contributed by atoms with Crippen molar-refractivity contribution in [1.82, 2.24) is 15.3 Å². The van der Waals surface area contributed by atoms with Crippen LogP contribution in [0.15, 0.2) is 17.4 Å². The van der Waals surface area contributed by atoms with Gasteiger partial charge in [-0.05, 0) is 31.6 Å². The molecular weight excluding hydrogens is 256 g/mol. The van der Waals surface area contributed by atoms with Crippen molar-refractivity contribution in [2.75, 3.05) is 30.8 Å². The zero-order valence-electron chi connectivity index (χ0n) is 12.1. The van der Waals surface area contributed by atoms with Gasteiger partial charge in [0.2, 0.25) is 0 Å². The lowest BCUT2D eigenvalue weighted by Gasteiger charge is -2.33. The van der Waals surface area contributed by atoms with Crippen molar-refractivity contribution >= 4 is 17.6 Å². The minimum atomic E-state index is 0.587. The first-order valence-electron chi connectivity index (χ1n) is 7.03. The molecule has 0 aromatic carbocycles. The van der Waals surface area contributed by atoms with Gasteiger partial charge in [0.1, 0.15) is 17.2 Å². The molecule has 0 amide bonds. The summed E-state index contributed by atoms with van der Waals surface area (Å²) in [6.45, 7) is 7.77. The Bertz CT molecular complexity index is 389. The van der Waals surface area contributed by atoms with Gasteiger partial charge in [-0.3, -0.25) is 0 Å². The van der Waals surface area contributed by atoms with Gasteiger partial charge in [-0.2, -0.15) is 0 Å². The van der Waals surface area contributed by atoms with Gasteiger partial charge < -0.3 is 10.2 Å². The smallest absolute Gasteiger partial charge is 0.133 e. The fraction of sp³-hybridized carbons (Fsp3) is 0.714. The second-order valence-corrected chi connectivity index (χ2v) is 6.24.